The molecule has 192 valence electrons. The zero-order valence-corrected chi connectivity index (χ0v) is 21.8. The van der Waals surface area contributed by atoms with Crippen LogP contribution in [0.25, 0.3) is 0 Å². The van der Waals surface area contributed by atoms with E-state index in [4.69, 9.17) is 14.6 Å². The lowest BCUT2D eigenvalue weighted by molar-refractivity contribution is -0.122. The lowest BCUT2D eigenvalue weighted by Gasteiger charge is -2.22. The Morgan fingerprint density at radius 2 is 1.71 bits per heavy atom. The monoisotopic (exact) mass is 503 g/mol. The molecular weight excluding hydrogens is 465 g/mol. The Bertz CT molecular complexity index is 943. The topological polar surface area (TPSA) is 125 Å². The first-order valence-corrected chi connectivity index (χ1v) is 12.8. The van der Waals surface area contributed by atoms with Gasteiger partial charge in [0.2, 0.25) is 17.8 Å². The van der Waals surface area contributed by atoms with Crippen molar-refractivity contribution >= 4 is 44.5 Å². The van der Waals surface area contributed by atoms with Crippen molar-refractivity contribution in [3.8, 4) is 5.75 Å². The van der Waals surface area contributed by atoms with Gasteiger partial charge < -0.3 is 30.7 Å². The number of ether oxygens (including phenoxy) is 1. The Labute approximate surface area is 209 Å². The zero-order valence-electron chi connectivity index (χ0n) is 20.7. The molecule has 10 nitrogen and oxygen atoms in total. The van der Waals surface area contributed by atoms with Gasteiger partial charge >= 0.3 is 0 Å². The molecule has 2 unspecified atom stereocenters. The number of carboxylic acid groups (broad SMARTS) is 1. The van der Waals surface area contributed by atoms with Gasteiger partial charge in [0.05, 0.1) is 7.11 Å². The summed E-state index contributed by atoms with van der Waals surface area (Å²) in [5.41, 5.74) is 0.904. The fourth-order valence-corrected chi connectivity index (χ4v) is 5.00. The van der Waals surface area contributed by atoms with Crippen molar-refractivity contribution in [2.75, 3.05) is 49.7 Å². The van der Waals surface area contributed by atoms with Gasteiger partial charge in [0.25, 0.3) is 6.47 Å². The molecule has 4 rings (SSSR count). The van der Waals surface area contributed by atoms with E-state index in [9.17, 15) is 0 Å². The van der Waals surface area contributed by atoms with Crippen molar-refractivity contribution in [1.29, 1.82) is 0 Å². The molecule has 2 aromatic rings. The van der Waals surface area contributed by atoms with E-state index in [0.717, 1.165) is 36.4 Å². The van der Waals surface area contributed by atoms with Crippen molar-refractivity contribution in [2.45, 2.75) is 51.0 Å². The van der Waals surface area contributed by atoms with Crippen LogP contribution in [-0.2, 0) is 4.79 Å². The van der Waals surface area contributed by atoms with Crippen molar-refractivity contribution in [3.63, 3.8) is 0 Å². The minimum atomic E-state index is -0.250. The number of hydrogen-bond acceptors (Lipinski definition) is 9. The highest BCUT2D eigenvalue weighted by molar-refractivity contribution is 7.27. The van der Waals surface area contributed by atoms with Crippen LogP contribution in [0.15, 0.2) is 18.2 Å². The molecule has 1 saturated heterocycles. The fraction of sp³-hybridized carbons (Fsp3) is 0.583. The van der Waals surface area contributed by atoms with Crippen molar-refractivity contribution < 1.29 is 14.6 Å². The maximum atomic E-state index is 8.36. The van der Waals surface area contributed by atoms with Crippen molar-refractivity contribution in [1.82, 2.24) is 19.9 Å². The summed E-state index contributed by atoms with van der Waals surface area (Å²) < 4.78 is 5.35. The van der Waals surface area contributed by atoms with Gasteiger partial charge in [0.15, 0.2) is 0 Å². The minimum absolute atomic E-state index is 0.250. The summed E-state index contributed by atoms with van der Waals surface area (Å²) in [6.45, 7) is 2.65. The Morgan fingerprint density at radius 3 is 2.31 bits per heavy atom. The number of methoxy groups -OCH3 is 1. The van der Waals surface area contributed by atoms with Crippen LogP contribution in [0, 0.1) is 5.92 Å². The molecule has 11 heteroatoms. The largest absolute Gasteiger partial charge is 0.496 e. The standard InChI is InChI=1S/C23H36N7OP.CH2O2/c1-30-12-6-9-18(30)15-25-22-27-21(24-14-16-7-4-3-5-8-16)28-23(29-22)26-17-10-11-19(31-2)20(32)13-17;2-1-3/h10-11,13,16,18H,3-9,12,14-15,32H2,1-2H3,(H3,24,25,26,27,28,29);1H,(H,2,3). The first-order chi connectivity index (χ1) is 17.0. The smallest absolute Gasteiger partial charge is 0.290 e. The first-order valence-electron chi connectivity index (χ1n) is 12.2. The van der Waals surface area contributed by atoms with Gasteiger partial charge in [-0.05, 0) is 63.4 Å². The predicted molar refractivity (Wildman–Crippen MR) is 143 cm³/mol. The number of likely N-dealkylation sites (tertiary alicyclic amines) is 1. The molecule has 0 amide bonds. The number of rotatable bonds is 9. The van der Waals surface area contributed by atoms with E-state index in [1.807, 2.05) is 18.2 Å². The number of aromatic nitrogens is 3. The highest BCUT2D eigenvalue weighted by Gasteiger charge is 2.21. The average molecular weight is 504 g/mol. The van der Waals surface area contributed by atoms with Crippen LogP contribution in [0.1, 0.15) is 44.9 Å². The second kappa shape index (κ2) is 14.0. The minimum Gasteiger partial charge on any atom is -0.496 e. The van der Waals surface area contributed by atoms with Crippen molar-refractivity contribution in [3.05, 3.63) is 18.2 Å². The van der Waals surface area contributed by atoms with Crippen LogP contribution in [-0.4, -0.2) is 71.3 Å². The average Bonchev–Trinajstić information content (AvgIpc) is 3.27. The summed E-state index contributed by atoms with van der Waals surface area (Å²) >= 11 is 0. The Balaban J connectivity index is 0.00000108. The number of likely N-dealkylation sites (N-methyl/N-ethyl adjacent to an activating group) is 1. The normalized spacial score (nSPS) is 18.3. The summed E-state index contributed by atoms with van der Waals surface area (Å²) in [4.78, 5) is 24.7. The molecule has 1 aliphatic carbocycles. The van der Waals surface area contributed by atoms with Gasteiger partial charge in [-0.2, -0.15) is 15.0 Å². The van der Waals surface area contributed by atoms with Crippen molar-refractivity contribution in [2.24, 2.45) is 5.92 Å². The number of nitrogens with zero attached hydrogens (tertiary/aromatic N) is 4. The summed E-state index contributed by atoms with van der Waals surface area (Å²) in [5.74, 6) is 3.28. The van der Waals surface area contributed by atoms with Crippen LogP contribution >= 0.6 is 9.24 Å². The van der Waals surface area contributed by atoms with Gasteiger partial charge in [-0.25, -0.2) is 0 Å². The molecule has 0 radical (unpaired) electrons. The van der Waals surface area contributed by atoms with E-state index >= 15 is 0 Å². The van der Waals surface area contributed by atoms with Gasteiger partial charge in [0, 0.05) is 30.1 Å². The van der Waals surface area contributed by atoms with Crippen LogP contribution < -0.4 is 26.0 Å². The van der Waals surface area contributed by atoms with E-state index in [0.29, 0.717) is 29.8 Å². The molecule has 1 saturated carbocycles. The number of carbonyl (C=O) groups is 1. The lowest BCUT2D eigenvalue weighted by atomic mass is 9.89. The van der Waals surface area contributed by atoms with Gasteiger partial charge in [-0.15, -0.1) is 9.24 Å². The maximum absolute atomic E-state index is 8.36. The van der Waals surface area contributed by atoms with Crippen LogP contribution in [0.5, 0.6) is 5.75 Å². The molecular formula is C24H38N7O3P. The van der Waals surface area contributed by atoms with Gasteiger partial charge in [-0.3, -0.25) is 4.79 Å². The van der Waals surface area contributed by atoms with Gasteiger partial charge in [-0.1, -0.05) is 19.3 Å². The molecule has 2 heterocycles. The Hall–Kier alpha value is -2.71. The molecule has 1 aromatic carbocycles. The fourth-order valence-electron chi connectivity index (χ4n) is 4.60. The van der Waals surface area contributed by atoms with E-state index in [1.165, 1.54) is 44.9 Å². The van der Waals surface area contributed by atoms with E-state index < -0.39 is 0 Å². The molecule has 2 fully saturated rings. The third-order valence-corrected chi connectivity index (χ3v) is 7.01. The Morgan fingerprint density at radius 1 is 1.06 bits per heavy atom. The quantitative estimate of drug-likeness (QED) is 0.299. The zero-order chi connectivity index (χ0) is 25.0. The van der Waals surface area contributed by atoms with E-state index in [1.54, 1.807) is 7.11 Å². The highest BCUT2D eigenvalue weighted by atomic mass is 31.0. The SMILES string of the molecule is COc1ccc(Nc2nc(NCC3CCCCC3)nc(NCC3CCCN3C)n2)cc1P.O=CO. The first kappa shape index (κ1) is 26.9. The maximum Gasteiger partial charge on any atom is 0.290 e. The summed E-state index contributed by atoms with van der Waals surface area (Å²) in [7, 11) is 6.55. The third-order valence-electron chi connectivity index (χ3n) is 6.56. The second-order valence-electron chi connectivity index (χ2n) is 9.04. The molecule has 4 N–H and O–H groups in total. The Kier molecular flexibility index (Phi) is 10.8. The van der Waals surface area contributed by atoms with Gasteiger partial charge in [0.1, 0.15) is 5.75 Å². The predicted octanol–water partition coefficient (Wildman–Crippen LogP) is 3.32. The summed E-state index contributed by atoms with van der Waals surface area (Å²) in [5, 5.41) is 18.1. The number of nitrogens with one attached hydrogen (secondary N) is 3. The highest BCUT2D eigenvalue weighted by Crippen LogP contribution is 2.24. The second-order valence-corrected chi connectivity index (χ2v) is 9.66. The number of anilines is 4. The molecule has 2 atom stereocenters. The lowest BCUT2D eigenvalue weighted by Crippen LogP contribution is -2.32. The van der Waals surface area contributed by atoms with E-state index in [-0.39, 0.29) is 6.47 Å². The molecule has 1 aliphatic heterocycles. The summed E-state index contributed by atoms with van der Waals surface area (Å²) in [6, 6.07) is 6.42. The van der Waals surface area contributed by atoms with Crippen LogP contribution in [0.3, 0.4) is 0 Å². The molecule has 2 aliphatic rings. The number of hydrogen-bond donors (Lipinski definition) is 4. The molecule has 0 bridgehead atoms. The van der Waals surface area contributed by atoms with E-state index in [2.05, 4.69) is 52.1 Å². The molecule has 35 heavy (non-hydrogen) atoms. The van der Waals surface area contributed by atoms with Crippen LogP contribution in [0.4, 0.5) is 23.5 Å². The molecule has 0 spiro atoms. The molecule has 1 aromatic heterocycles. The number of benzene rings is 1. The summed E-state index contributed by atoms with van der Waals surface area (Å²) in [6.07, 6.45) is 9.03. The van der Waals surface area contributed by atoms with Crippen LogP contribution in [0.2, 0.25) is 0 Å². The third kappa shape index (κ3) is 8.47.